The van der Waals surface area contributed by atoms with Gasteiger partial charge in [-0.2, -0.15) is 5.26 Å². The van der Waals surface area contributed by atoms with Crippen LogP contribution < -0.4 is 0 Å². The van der Waals surface area contributed by atoms with Crippen molar-refractivity contribution < 1.29 is 9.84 Å². The number of hydrogen-bond acceptors (Lipinski definition) is 3. The lowest BCUT2D eigenvalue weighted by Gasteiger charge is -2.29. The SMILES string of the molecule is Cc1ccc(C2=C(C#N)[C@H](c3ccccc3)CC(O)O2)cc1. The molecule has 0 fully saturated rings. The Kier molecular flexibility index (Phi) is 3.95. The third-order valence-corrected chi connectivity index (χ3v) is 3.92. The van der Waals surface area contributed by atoms with Crippen LogP contribution in [-0.2, 0) is 4.74 Å². The van der Waals surface area contributed by atoms with Gasteiger partial charge in [0.25, 0.3) is 0 Å². The predicted molar refractivity (Wildman–Crippen MR) is 84.6 cm³/mol. The Morgan fingerprint density at radius 2 is 1.77 bits per heavy atom. The summed E-state index contributed by atoms with van der Waals surface area (Å²) in [5.74, 6) is 0.335. The van der Waals surface area contributed by atoms with E-state index in [2.05, 4.69) is 6.07 Å². The predicted octanol–water partition coefficient (Wildman–Crippen LogP) is 3.75. The molecule has 0 saturated heterocycles. The number of benzene rings is 2. The minimum atomic E-state index is -0.904. The molecule has 0 amide bonds. The summed E-state index contributed by atoms with van der Waals surface area (Å²) in [5.41, 5.74) is 3.55. The maximum atomic E-state index is 10.1. The van der Waals surface area contributed by atoms with Crippen molar-refractivity contribution in [2.75, 3.05) is 0 Å². The average molecular weight is 291 g/mol. The van der Waals surface area contributed by atoms with Gasteiger partial charge < -0.3 is 9.84 Å². The number of aryl methyl sites for hydroxylation is 1. The molecule has 22 heavy (non-hydrogen) atoms. The van der Waals surface area contributed by atoms with Gasteiger partial charge in [-0.25, -0.2) is 0 Å². The van der Waals surface area contributed by atoms with Gasteiger partial charge in [-0.05, 0) is 12.5 Å². The molecule has 3 heteroatoms. The van der Waals surface area contributed by atoms with Crippen LogP contribution in [0.2, 0.25) is 0 Å². The third-order valence-electron chi connectivity index (χ3n) is 3.92. The van der Waals surface area contributed by atoms with Gasteiger partial charge in [0.2, 0.25) is 0 Å². The zero-order valence-electron chi connectivity index (χ0n) is 12.4. The number of aliphatic hydroxyl groups is 1. The monoisotopic (exact) mass is 291 g/mol. The summed E-state index contributed by atoms with van der Waals surface area (Å²) in [5, 5.41) is 19.7. The number of rotatable bonds is 2. The molecule has 2 atom stereocenters. The first-order valence-electron chi connectivity index (χ1n) is 7.30. The standard InChI is InChI=1S/C19H17NO2/c1-13-7-9-15(10-8-13)19-17(12-20)16(11-18(21)22-19)14-5-3-2-4-6-14/h2-10,16,18,21H,11H2,1H3/t16-,18?/m0/s1. The Hall–Kier alpha value is -2.57. The van der Waals surface area contributed by atoms with Crippen molar-refractivity contribution in [3.8, 4) is 6.07 Å². The van der Waals surface area contributed by atoms with Crippen LogP contribution in [0, 0.1) is 18.3 Å². The molecule has 1 unspecified atom stereocenters. The highest BCUT2D eigenvalue weighted by Gasteiger charge is 2.31. The Balaban J connectivity index is 2.10. The maximum absolute atomic E-state index is 10.1. The number of nitriles is 1. The number of ether oxygens (including phenoxy) is 1. The molecule has 110 valence electrons. The van der Waals surface area contributed by atoms with Crippen molar-refractivity contribution in [3.63, 3.8) is 0 Å². The van der Waals surface area contributed by atoms with Gasteiger partial charge in [-0.15, -0.1) is 0 Å². The molecule has 3 nitrogen and oxygen atoms in total. The summed E-state index contributed by atoms with van der Waals surface area (Å²) in [6.45, 7) is 2.01. The maximum Gasteiger partial charge on any atom is 0.198 e. The van der Waals surface area contributed by atoms with Crippen molar-refractivity contribution in [1.82, 2.24) is 0 Å². The molecule has 2 aromatic rings. The first-order valence-corrected chi connectivity index (χ1v) is 7.30. The molecule has 0 aliphatic carbocycles. The highest BCUT2D eigenvalue weighted by molar-refractivity contribution is 5.69. The Bertz CT molecular complexity index is 726. The molecule has 1 heterocycles. The van der Waals surface area contributed by atoms with Gasteiger partial charge in [-0.3, -0.25) is 0 Å². The zero-order valence-corrected chi connectivity index (χ0v) is 12.4. The van der Waals surface area contributed by atoms with Crippen LogP contribution in [0.5, 0.6) is 0 Å². The van der Waals surface area contributed by atoms with Crippen LogP contribution in [-0.4, -0.2) is 11.4 Å². The van der Waals surface area contributed by atoms with E-state index in [0.29, 0.717) is 17.8 Å². The topological polar surface area (TPSA) is 53.2 Å². The van der Waals surface area contributed by atoms with E-state index < -0.39 is 6.29 Å². The number of nitrogens with zero attached hydrogens (tertiary/aromatic N) is 1. The van der Waals surface area contributed by atoms with E-state index in [-0.39, 0.29) is 5.92 Å². The molecule has 0 bridgehead atoms. The van der Waals surface area contributed by atoms with Crippen LogP contribution in [0.4, 0.5) is 0 Å². The fourth-order valence-electron chi connectivity index (χ4n) is 2.77. The van der Waals surface area contributed by atoms with E-state index in [1.54, 1.807) is 0 Å². The number of hydrogen-bond donors (Lipinski definition) is 1. The Morgan fingerprint density at radius 3 is 2.41 bits per heavy atom. The van der Waals surface area contributed by atoms with Crippen molar-refractivity contribution in [2.45, 2.75) is 25.6 Å². The summed E-state index contributed by atoms with van der Waals surface area (Å²) < 4.78 is 5.58. The molecule has 0 aromatic heterocycles. The highest BCUT2D eigenvalue weighted by atomic mass is 16.6. The molecule has 0 radical (unpaired) electrons. The lowest BCUT2D eigenvalue weighted by Crippen LogP contribution is -2.23. The van der Waals surface area contributed by atoms with Crippen molar-refractivity contribution >= 4 is 5.76 Å². The largest absolute Gasteiger partial charge is 0.463 e. The van der Waals surface area contributed by atoms with E-state index in [9.17, 15) is 10.4 Å². The van der Waals surface area contributed by atoms with Crippen LogP contribution in [0.15, 0.2) is 60.2 Å². The average Bonchev–Trinajstić information content (AvgIpc) is 2.55. The smallest absolute Gasteiger partial charge is 0.198 e. The van der Waals surface area contributed by atoms with Crippen LogP contribution in [0.25, 0.3) is 5.76 Å². The second-order valence-electron chi connectivity index (χ2n) is 5.49. The molecule has 1 N–H and O–H groups in total. The van der Waals surface area contributed by atoms with Crippen LogP contribution in [0.1, 0.15) is 29.0 Å². The Labute approximate surface area is 130 Å². The third kappa shape index (κ3) is 2.74. The van der Waals surface area contributed by atoms with Gasteiger partial charge in [0.1, 0.15) is 5.76 Å². The van der Waals surface area contributed by atoms with E-state index in [1.165, 1.54) is 0 Å². The summed E-state index contributed by atoms with van der Waals surface area (Å²) >= 11 is 0. The van der Waals surface area contributed by atoms with Crippen molar-refractivity contribution in [3.05, 3.63) is 76.9 Å². The fraction of sp³-hybridized carbons (Fsp3) is 0.211. The van der Waals surface area contributed by atoms with Gasteiger partial charge in [0.05, 0.1) is 11.6 Å². The van der Waals surface area contributed by atoms with Crippen molar-refractivity contribution in [1.29, 1.82) is 5.26 Å². The second-order valence-corrected chi connectivity index (χ2v) is 5.49. The van der Waals surface area contributed by atoms with Gasteiger partial charge in [-0.1, -0.05) is 60.2 Å². The van der Waals surface area contributed by atoms with Crippen LogP contribution in [0.3, 0.4) is 0 Å². The van der Waals surface area contributed by atoms with Crippen molar-refractivity contribution in [2.24, 2.45) is 0 Å². The number of allylic oxidation sites excluding steroid dienone is 1. The first kappa shape index (κ1) is 14.4. The van der Waals surface area contributed by atoms with Gasteiger partial charge >= 0.3 is 0 Å². The van der Waals surface area contributed by atoms with E-state index in [0.717, 1.165) is 16.7 Å². The summed E-state index contributed by atoms with van der Waals surface area (Å²) in [4.78, 5) is 0. The van der Waals surface area contributed by atoms with Crippen LogP contribution >= 0.6 is 0 Å². The molecule has 0 saturated carbocycles. The fourth-order valence-corrected chi connectivity index (χ4v) is 2.77. The summed E-state index contributed by atoms with van der Waals surface area (Å²) in [7, 11) is 0. The molecular weight excluding hydrogens is 274 g/mol. The minimum Gasteiger partial charge on any atom is -0.463 e. The minimum absolute atomic E-state index is 0.147. The quantitative estimate of drug-likeness (QED) is 0.916. The molecule has 2 aromatic carbocycles. The second kappa shape index (κ2) is 6.05. The van der Waals surface area contributed by atoms with E-state index >= 15 is 0 Å². The molecule has 1 aliphatic rings. The Morgan fingerprint density at radius 1 is 1.09 bits per heavy atom. The molecule has 1 aliphatic heterocycles. The molecule has 0 spiro atoms. The normalized spacial score (nSPS) is 21.1. The first-order chi connectivity index (χ1) is 10.7. The summed E-state index contributed by atoms with van der Waals surface area (Å²) in [6.07, 6.45) is -0.513. The summed E-state index contributed by atoms with van der Waals surface area (Å²) in [6, 6.07) is 19.8. The lowest BCUT2D eigenvalue weighted by atomic mass is 9.85. The van der Waals surface area contributed by atoms with Gasteiger partial charge in [0, 0.05) is 17.9 Å². The van der Waals surface area contributed by atoms with E-state index in [4.69, 9.17) is 4.74 Å². The molecular formula is C19H17NO2. The zero-order chi connectivity index (χ0) is 15.5. The van der Waals surface area contributed by atoms with Gasteiger partial charge in [0.15, 0.2) is 6.29 Å². The molecule has 3 rings (SSSR count). The highest BCUT2D eigenvalue weighted by Crippen LogP contribution is 2.39. The van der Waals surface area contributed by atoms with E-state index in [1.807, 2.05) is 61.5 Å². The lowest BCUT2D eigenvalue weighted by molar-refractivity contribution is -0.0545. The number of aliphatic hydroxyl groups excluding tert-OH is 1.